The number of hydrogen-bond acceptors (Lipinski definition) is 3. The molecule has 4 nitrogen and oxygen atoms in total. The number of aliphatic hydroxyl groups is 1. The second kappa shape index (κ2) is 9.42. The molecule has 0 radical (unpaired) electrons. The van der Waals surface area contributed by atoms with Gasteiger partial charge >= 0.3 is 0 Å². The van der Waals surface area contributed by atoms with Gasteiger partial charge in [0.15, 0.2) is 0 Å². The molecule has 4 heteroatoms. The van der Waals surface area contributed by atoms with E-state index in [1.165, 1.54) is 0 Å². The second-order valence-electron chi connectivity index (χ2n) is 4.87. The van der Waals surface area contributed by atoms with Crippen molar-refractivity contribution in [1.82, 2.24) is 10.6 Å². The van der Waals surface area contributed by atoms with E-state index >= 15 is 0 Å². The summed E-state index contributed by atoms with van der Waals surface area (Å²) in [6, 6.07) is -0.0585. The van der Waals surface area contributed by atoms with E-state index in [1.54, 1.807) is 6.92 Å². The van der Waals surface area contributed by atoms with Crippen LogP contribution in [0.25, 0.3) is 0 Å². The minimum absolute atomic E-state index is 0.0403. The Hall–Kier alpha value is -0.610. The van der Waals surface area contributed by atoms with Crippen LogP contribution in [0.15, 0.2) is 0 Å². The average molecular weight is 244 g/mol. The second-order valence-corrected chi connectivity index (χ2v) is 4.87. The summed E-state index contributed by atoms with van der Waals surface area (Å²) in [7, 11) is 0. The summed E-state index contributed by atoms with van der Waals surface area (Å²) in [4.78, 5) is 11.7. The summed E-state index contributed by atoms with van der Waals surface area (Å²) in [5.74, 6) is 0.0403. The molecule has 0 aromatic heterocycles. The molecule has 0 saturated carbocycles. The lowest BCUT2D eigenvalue weighted by Gasteiger charge is -2.20. The maximum atomic E-state index is 11.7. The van der Waals surface area contributed by atoms with Gasteiger partial charge in [-0.3, -0.25) is 4.79 Å². The summed E-state index contributed by atoms with van der Waals surface area (Å²) in [6.07, 6.45) is 3.68. The quantitative estimate of drug-likeness (QED) is 0.538. The van der Waals surface area contributed by atoms with Gasteiger partial charge in [-0.15, -0.1) is 0 Å². The van der Waals surface area contributed by atoms with Crippen molar-refractivity contribution in [1.29, 1.82) is 0 Å². The van der Waals surface area contributed by atoms with Gasteiger partial charge in [-0.2, -0.15) is 0 Å². The molecule has 0 saturated heterocycles. The zero-order chi connectivity index (χ0) is 13.3. The first-order valence-electron chi connectivity index (χ1n) is 6.69. The zero-order valence-electron chi connectivity index (χ0n) is 11.6. The van der Waals surface area contributed by atoms with Crippen LogP contribution in [0.5, 0.6) is 0 Å². The summed E-state index contributed by atoms with van der Waals surface area (Å²) in [6.45, 7) is 8.49. The van der Waals surface area contributed by atoms with Gasteiger partial charge in [0.1, 0.15) is 0 Å². The van der Waals surface area contributed by atoms with E-state index in [9.17, 15) is 9.90 Å². The predicted octanol–water partition coefficient (Wildman–Crippen LogP) is 1.43. The lowest BCUT2D eigenvalue weighted by molar-refractivity contribution is -0.123. The molecule has 3 atom stereocenters. The first-order valence-corrected chi connectivity index (χ1v) is 6.69. The van der Waals surface area contributed by atoms with Gasteiger partial charge < -0.3 is 15.7 Å². The first-order chi connectivity index (χ1) is 7.97. The van der Waals surface area contributed by atoms with Crippen LogP contribution < -0.4 is 10.6 Å². The molecule has 102 valence electrons. The Balaban J connectivity index is 3.73. The lowest BCUT2D eigenvalue weighted by Crippen LogP contribution is -2.46. The third kappa shape index (κ3) is 9.12. The number of carbonyl (C=O) groups is 1. The van der Waals surface area contributed by atoms with Crippen molar-refractivity contribution < 1.29 is 9.90 Å². The molecule has 0 spiro atoms. The molecule has 0 heterocycles. The summed E-state index contributed by atoms with van der Waals surface area (Å²) in [5.41, 5.74) is 0. The number of nitrogens with one attached hydrogen (secondary N) is 2. The molecule has 0 bridgehead atoms. The molecule has 0 rings (SSSR count). The Morgan fingerprint density at radius 2 is 1.88 bits per heavy atom. The van der Waals surface area contributed by atoms with Crippen LogP contribution in [0.4, 0.5) is 0 Å². The number of amides is 1. The fourth-order valence-corrected chi connectivity index (χ4v) is 1.82. The molecule has 17 heavy (non-hydrogen) atoms. The fraction of sp³-hybridized carbons (Fsp3) is 0.923. The highest BCUT2D eigenvalue weighted by Crippen LogP contribution is 1.98. The topological polar surface area (TPSA) is 61.4 Å². The molecule has 0 aliphatic heterocycles. The van der Waals surface area contributed by atoms with Crippen LogP contribution in [0.1, 0.15) is 53.4 Å². The van der Waals surface area contributed by atoms with Gasteiger partial charge in [0.25, 0.3) is 0 Å². The molecular weight excluding hydrogens is 216 g/mol. The van der Waals surface area contributed by atoms with Crippen molar-refractivity contribution in [2.45, 2.75) is 71.6 Å². The van der Waals surface area contributed by atoms with Crippen molar-refractivity contribution in [2.24, 2.45) is 0 Å². The molecule has 3 N–H and O–H groups in total. The number of carbonyl (C=O) groups excluding carboxylic acids is 1. The number of aliphatic hydroxyl groups excluding tert-OH is 1. The highest BCUT2D eigenvalue weighted by atomic mass is 16.3. The fourth-order valence-electron chi connectivity index (χ4n) is 1.82. The van der Waals surface area contributed by atoms with Crippen molar-refractivity contribution in [2.75, 3.05) is 6.54 Å². The van der Waals surface area contributed by atoms with Gasteiger partial charge in [-0.05, 0) is 33.6 Å². The van der Waals surface area contributed by atoms with Crippen LogP contribution in [-0.4, -0.2) is 35.7 Å². The summed E-state index contributed by atoms with van der Waals surface area (Å²) >= 11 is 0. The molecule has 0 aliphatic carbocycles. The predicted molar refractivity (Wildman–Crippen MR) is 70.9 cm³/mol. The van der Waals surface area contributed by atoms with E-state index in [4.69, 9.17) is 0 Å². The molecule has 3 unspecified atom stereocenters. The van der Waals surface area contributed by atoms with E-state index in [0.717, 1.165) is 25.8 Å². The summed E-state index contributed by atoms with van der Waals surface area (Å²) < 4.78 is 0. The standard InChI is InChI=1S/C13H28N2O2/c1-5-6-7-8-14-13(17)12(4)15-10(2)9-11(3)16/h10-12,15-16H,5-9H2,1-4H3,(H,14,17). The van der Waals surface area contributed by atoms with Crippen LogP contribution in [0, 0.1) is 0 Å². The maximum absolute atomic E-state index is 11.7. The normalized spacial score (nSPS) is 16.3. The zero-order valence-corrected chi connectivity index (χ0v) is 11.6. The minimum Gasteiger partial charge on any atom is -0.393 e. The minimum atomic E-state index is -0.336. The highest BCUT2D eigenvalue weighted by molar-refractivity contribution is 5.81. The van der Waals surface area contributed by atoms with Gasteiger partial charge in [0.2, 0.25) is 5.91 Å². The number of unbranched alkanes of at least 4 members (excludes halogenated alkanes) is 2. The maximum Gasteiger partial charge on any atom is 0.236 e. The Kier molecular flexibility index (Phi) is 9.09. The Labute approximate surface area is 105 Å². The Morgan fingerprint density at radius 3 is 2.41 bits per heavy atom. The molecule has 1 amide bonds. The molecule has 0 fully saturated rings. The molecular formula is C13H28N2O2. The lowest BCUT2D eigenvalue weighted by atomic mass is 10.1. The van der Waals surface area contributed by atoms with Crippen LogP contribution >= 0.6 is 0 Å². The Morgan fingerprint density at radius 1 is 1.24 bits per heavy atom. The third-order valence-electron chi connectivity index (χ3n) is 2.70. The van der Waals surface area contributed by atoms with Crippen molar-refractivity contribution >= 4 is 5.91 Å². The third-order valence-corrected chi connectivity index (χ3v) is 2.70. The van der Waals surface area contributed by atoms with Crippen molar-refractivity contribution in [3.8, 4) is 0 Å². The van der Waals surface area contributed by atoms with Crippen molar-refractivity contribution in [3.05, 3.63) is 0 Å². The monoisotopic (exact) mass is 244 g/mol. The van der Waals surface area contributed by atoms with Gasteiger partial charge in [-0.1, -0.05) is 19.8 Å². The van der Waals surface area contributed by atoms with E-state index < -0.39 is 0 Å². The van der Waals surface area contributed by atoms with Gasteiger partial charge in [0, 0.05) is 12.6 Å². The highest BCUT2D eigenvalue weighted by Gasteiger charge is 2.15. The van der Waals surface area contributed by atoms with Gasteiger partial charge in [-0.25, -0.2) is 0 Å². The molecule has 0 aromatic rings. The number of hydrogen-bond donors (Lipinski definition) is 3. The molecule has 0 aromatic carbocycles. The van der Waals surface area contributed by atoms with E-state index in [1.807, 2.05) is 13.8 Å². The van der Waals surface area contributed by atoms with E-state index in [0.29, 0.717) is 6.42 Å². The summed E-state index contributed by atoms with van der Waals surface area (Å²) in [5, 5.41) is 15.3. The van der Waals surface area contributed by atoms with Crippen LogP contribution in [0.3, 0.4) is 0 Å². The smallest absolute Gasteiger partial charge is 0.236 e. The first kappa shape index (κ1) is 16.4. The largest absolute Gasteiger partial charge is 0.393 e. The van der Waals surface area contributed by atoms with E-state index in [2.05, 4.69) is 17.6 Å². The van der Waals surface area contributed by atoms with Crippen LogP contribution in [0.2, 0.25) is 0 Å². The molecule has 0 aliphatic rings. The van der Waals surface area contributed by atoms with Gasteiger partial charge in [0.05, 0.1) is 12.1 Å². The average Bonchev–Trinajstić information content (AvgIpc) is 2.22. The Bertz CT molecular complexity index is 208. The van der Waals surface area contributed by atoms with Crippen LogP contribution in [-0.2, 0) is 4.79 Å². The van der Waals surface area contributed by atoms with E-state index in [-0.39, 0.29) is 24.1 Å². The number of rotatable bonds is 9. The SMILES string of the molecule is CCCCCNC(=O)C(C)NC(C)CC(C)O. The van der Waals surface area contributed by atoms with Crippen molar-refractivity contribution in [3.63, 3.8) is 0 Å².